The van der Waals surface area contributed by atoms with Crippen molar-refractivity contribution in [3.05, 3.63) is 48.3 Å². The van der Waals surface area contributed by atoms with E-state index in [0.717, 1.165) is 63.5 Å². The SMILES string of the molecule is C[C@H](NC(=O)N1CCN(C2CCOCC2)CC1)c1ccccc1-n1cccn1. The zero-order chi connectivity index (χ0) is 19.3. The summed E-state index contributed by atoms with van der Waals surface area (Å²) < 4.78 is 7.30. The minimum absolute atomic E-state index is 0.00870. The first-order chi connectivity index (χ1) is 13.7. The minimum atomic E-state index is -0.0959. The highest BCUT2D eigenvalue weighted by atomic mass is 16.5. The molecule has 150 valence electrons. The zero-order valence-electron chi connectivity index (χ0n) is 16.5. The van der Waals surface area contributed by atoms with Crippen LogP contribution in [0.5, 0.6) is 0 Å². The third-order valence-corrected chi connectivity index (χ3v) is 5.80. The average Bonchev–Trinajstić information content (AvgIpc) is 3.29. The van der Waals surface area contributed by atoms with E-state index < -0.39 is 0 Å². The molecule has 28 heavy (non-hydrogen) atoms. The lowest BCUT2D eigenvalue weighted by Crippen LogP contribution is -2.55. The van der Waals surface area contributed by atoms with Gasteiger partial charge in [-0.05, 0) is 37.5 Å². The molecule has 0 radical (unpaired) electrons. The van der Waals surface area contributed by atoms with Gasteiger partial charge in [-0.25, -0.2) is 9.48 Å². The van der Waals surface area contributed by atoms with Crippen LogP contribution in [0.1, 0.15) is 31.4 Å². The Labute approximate surface area is 166 Å². The Morgan fingerprint density at radius 1 is 1.14 bits per heavy atom. The molecular weight excluding hydrogens is 354 g/mol. The second-order valence-electron chi connectivity index (χ2n) is 7.55. The summed E-state index contributed by atoms with van der Waals surface area (Å²) in [6.45, 7) is 7.18. The highest BCUT2D eigenvalue weighted by Gasteiger charge is 2.28. The molecular formula is C21H29N5O2. The number of benzene rings is 1. The molecule has 0 spiro atoms. The lowest BCUT2D eigenvalue weighted by Gasteiger charge is -2.40. The summed E-state index contributed by atoms with van der Waals surface area (Å²) in [6.07, 6.45) is 5.89. The van der Waals surface area contributed by atoms with Crippen LogP contribution in [0.25, 0.3) is 5.69 Å². The standard InChI is InChI=1S/C21H29N5O2/c1-17(19-5-2-3-6-20(19)26-10-4-9-22-26)23-21(27)25-13-11-24(12-14-25)18-7-15-28-16-8-18/h2-6,9-10,17-18H,7-8,11-16H2,1H3,(H,23,27)/t17-/m0/s1. The predicted octanol–water partition coefficient (Wildman–Crippen LogP) is 2.44. The van der Waals surface area contributed by atoms with E-state index in [9.17, 15) is 4.79 Å². The number of carbonyl (C=O) groups is 1. The molecule has 7 nitrogen and oxygen atoms in total. The van der Waals surface area contributed by atoms with Crippen molar-refractivity contribution in [3.8, 4) is 5.69 Å². The van der Waals surface area contributed by atoms with Crippen molar-refractivity contribution in [2.75, 3.05) is 39.4 Å². The number of rotatable bonds is 4. The molecule has 1 aromatic heterocycles. The van der Waals surface area contributed by atoms with Gasteiger partial charge in [0.15, 0.2) is 0 Å². The fourth-order valence-electron chi connectivity index (χ4n) is 4.17. The Hall–Kier alpha value is -2.38. The number of carbonyl (C=O) groups excluding carboxylic acids is 1. The van der Waals surface area contributed by atoms with Gasteiger partial charge in [-0.2, -0.15) is 5.10 Å². The van der Waals surface area contributed by atoms with E-state index in [-0.39, 0.29) is 12.1 Å². The average molecular weight is 383 g/mol. The fourth-order valence-corrected chi connectivity index (χ4v) is 4.17. The van der Waals surface area contributed by atoms with Crippen LogP contribution in [0.4, 0.5) is 4.79 Å². The van der Waals surface area contributed by atoms with Gasteiger partial charge >= 0.3 is 6.03 Å². The topological polar surface area (TPSA) is 62.6 Å². The largest absolute Gasteiger partial charge is 0.381 e. The smallest absolute Gasteiger partial charge is 0.317 e. The van der Waals surface area contributed by atoms with Crippen molar-refractivity contribution in [1.82, 2.24) is 24.9 Å². The van der Waals surface area contributed by atoms with Crippen LogP contribution in [0.15, 0.2) is 42.7 Å². The number of para-hydroxylation sites is 1. The Morgan fingerprint density at radius 2 is 1.89 bits per heavy atom. The maximum Gasteiger partial charge on any atom is 0.317 e. The van der Waals surface area contributed by atoms with E-state index in [1.54, 1.807) is 6.20 Å². The number of aromatic nitrogens is 2. The molecule has 2 aliphatic heterocycles. The fraction of sp³-hybridized carbons (Fsp3) is 0.524. The second-order valence-corrected chi connectivity index (χ2v) is 7.55. The normalized spacial score (nSPS) is 20.1. The number of nitrogens with zero attached hydrogens (tertiary/aromatic N) is 4. The molecule has 2 saturated heterocycles. The maximum atomic E-state index is 12.8. The van der Waals surface area contributed by atoms with Crippen LogP contribution >= 0.6 is 0 Å². The van der Waals surface area contributed by atoms with Crippen LogP contribution in [0.2, 0.25) is 0 Å². The number of hydrogen-bond donors (Lipinski definition) is 1. The molecule has 1 aromatic carbocycles. The molecule has 0 aliphatic carbocycles. The predicted molar refractivity (Wildman–Crippen MR) is 107 cm³/mol. The first-order valence-electron chi connectivity index (χ1n) is 10.2. The van der Waals surface area contributed by atoms with Gasteiger partial charge in [0.05, 0.1) is 11.7 Å². The second kappa shape index (κ2) is 8.75. The first-order valence-corrected chi connectivity index (χ1v) is 10.2. The molecule has 2 amide bonds. The highest BCUT2D eigenvalue weighted by Crippen LogP contribution is 2.22. The third kappa shape index (κ3) is 4.20. The molecule has 7 heteroatoms. The summed E-state index contributed by atoms with van der Waals surface area (Å²) >= 11 is 0. The van der Waals surface area contributed by atoms with E-state index in [0.29, 0.717) is 6.04 Å². The maximum absolute atomic E-state index is 12.8. The molecule has 4 rings (SSSR count). The highest BCUT2D eigenvalue weighted by molar-refractivity contribution is 5.75. The van der Waals surface area contributed by atoms with Gasteiger partial charge in [-0.3, -0.25) is 4.90 Å². The molecule has 2 fully saturated rings. The Balaban J connectivity index is 1.34. The van der Waals surface area contributed by atoms with Gasteiger partial charge < -0.3 is 15.0 Å². The molecule has 2 aliphatic rings. The number of hydrogen-bond acceptors (Lipinski definition) is 4. The molecule has 0 saturated carbocycles. The van der Waals surface area contributed by atoms with Crippen LogP contribution in [0, 0.1) is 0 Å². The number of piperazine rings is 1. The van der Waals surface area contributed by atoms with Gasteiger partial charge in [0.25, 0.3) is 0 Å². The quantitative estimate of drug-likeness (QED) is 0.881. The summed E-state index contributed by atoms with van der Waals surface area (Å²) in [5.74, 6) is 0. The Bertz CT molecular complexity index is 765. The van der Waals surface area contributed by atoms with Crippen LogP contribution in [-0.4, -0.2) is 71.0 Å². The number of nitrogens with one attached hydrogen (secondary N) is 1. The first kappa shape index (κ1) is 19.0. The number of urea groups is 1. The summed E-state index contributed by atoms with van der Waals surface area (Å²) in [4.78, 5) is 17.3. The van der Waals surface area contributed by atoms with Crippen LogP contribution in [-0.2, 0) is 4.74 Å². The number of amides is 2. The van der Waals surface area contributed by atoms with Crippen molar-refractivity contribution in [3.63, 3.8) is 0 Å². The zero-order valence-corrected chi connectivity index (χ0v) is 16.5. The van der Waals surface area contributed by atoms with E-state index in [1.165, 1.54) is 0 Å². The molecule has 0 unspecified atom stereocenters. The summed E-state index contributed by atoms with van der Waals surface area (Å²) in [5, 5.41) is 7.50. The molecule has 3 heterocycles. The van der Waals surface area contributed by atoms with Gasteiger partial charge in [0.1, 0.15) is 0 Å². The van der Waals surface area contributed by atoms with Gasteiger partial charge in [-0.15, -0.1) is 0 Å². The van der Waals surface area contributed by atoms with Crippen molar-refractivity contribution in [2.24, 2.45) is 0 Å². The van der Waals surface area contributed by atoms with Crippen molar-refractivity contribution < 1.29 is 9.53 Å². The van der Waals surface area contributed by atoms with Gasteiger partial charge in [-0.1, -0.05) is 18.2 Å². The molecule has 1 atom stereocenters. The van der Waals surface area contributed by atoms with E-state index in [4.69, 9.17) is 4.74 Å². The Morgan fingerprint density at radius 3 is 2.61 bits per heavy atom. The van der Waals surface area contributed by atoms with Crippen molar-refractivity contribution in [2.45, 2.75) is 31.8 Å². The van der Waals surface area contributed by atoms with Crippen LogP contribution < -0.4 is 5.32 Å². The number of ether oxygens (including phenoxy) is 1. The summed E-state index contributed by atoms with van der Waals surface area (Å²) in [6, 6.07) is 10.5. The summed E-state index contributed by atoms with van der Waals surface area (Å²) in [5.41, 5.74) is 2.05. The van der Waals surface area contributed by atoms with Gasteiger partial charge in [0.2, 0.25) is 0 Å². The minimum Gasteiger partial charge on any atom is -0.381 e. The molecule has 2 aromatic rings. The van der Waals surface area contributed by atoms with E-state index in [1.807, 2.05) is 53.0 Å². The molecule has 0 bridgehead atoms. The molecule has 1 N–H and O–H groups in total. The van der Waals surface area contributed by atoms with E-state index >= 15 is 0 Å². The lowest BCUT2D eigenvalue weighted by atomic mass is 10.1. The lowest BCUT2D eigenvalue weighted by molar-refractivity contribution is 0.0186. The van der Waals surface area contributed by atoms with Gasteiger partial charge in [0, 0.05) is 57.8 Å². The van der Waals surface area contributed by atoms with Crippen LogP contribution in [0.3, 0.4) is 0 Å². The monoisotopic (exact) mass is 383 g/mol. The summed E-state index contributed by atoms with van der Waals surface area (Å²) in [7, 11) is 0. The third-order valence-electron chi connectivity index (χ3n) is 5.80. The Kier molecular flexibility index (Phi) is 5.92. The van der Waals surface area contributed by atoms with Crippen molar-refractivity contribution in [1.29, 1.82) is 0 Å². The van der Waals surface area contributed by atoms with E-state index in [2.05, 4.69) is 15.3 Å². The van der Waals surface area contributed by atoms with Crippen molar-refractivity contribution >= 4 is 6.03 Å².